The van der Waals surface area contributed by atoms with Gasteiger partial charge in [0.25, 0.3) is 0 Å². The van der Waals surface area contributed by atoms with Gasteiger partial charge in [0.2, 0.25) is 0 Å². The Morgan fingerprint density at radius 2 is 1.68 bits per heavy atom. The summed E-state index contributed by atoms with van der Waals surface area (Å²) in [6, 6.07) is 13.8. The monoisotopic (exact) mass is 251 g/mol. The second-order valence-electron chi connectivity index (χ2n) is 5.35. The molecule has 0 N–H and O–H groups in total. The van der Waals surface area contributed by atoms with E-state index < -0.39 is 0 Å². The number of anilines is 1. The highest BCUT2D eigenvalue weighted by atomic mass is 15.1. The van der Waals surface area contributed by atoms with Crippen molar-refractivity contribution in [1.82, 2.24) is 0 Å². The number of rotatable bonds is 3. The minimum absolute atomic E-state index is 1.07. The van der Waals surface area contributed by atoms with Crippen molar-refractivity contribution < 1.29 is 0 Å². The lowest BCUT2D eigenvalue weighted by atomic mass is 10.0. The molecule has 0 bridgehead atoms. The summed E-state index contributed by atoms with van der Waals surface area (Å²) in [5, 5.41) is 0. The van der Waals surface area contributed by atoms with Crippen molar-refractivity contribution in [3.05, 3.63) is 53.1 Å². The van der Waals surface area contributed by atoms with Gasteiger partial charge in [-0.2, -0.15) is 0 Å². The van der Waals surface area contributed by atoms with E-state index in [1.165, 1.54) is 33.5 Å². The summed E-state index contributed by atoms with van der Waals surface area (Å²) in [5.41, 5.74) is 8.50. The van der Waals surface area contributed by atoms with Crippen LogP contribution in [-0.4, -0.2) is 13.1 Å². The third kappa shape index (κ3) is 2.03. The van der Waals surface area contributed by atoms with E-state index in [4.69, 9.17) is 0 Å². The topological polar surface area (TPSA) is 3.24 Å². The van der Waals surface area contributed by atoms with Gasteiger partial charge in [-0.25, -0.2) is 0 Å². The van der Waals surface area contributed by atoms with E-state index in [-0.39, 0.29) is 0 Å². The number of nitrogens with zero attached hydrogens (tertiary/aromatic N) is 1. The van der Waals surface area contributed by atoms with Crippen LogP contribution in [0.4, 0.5) is 5.69 Å². The molecule has 0 unspecified atom stereocenters. The highest BCUT2D eigenvalue weighted by Crippen LogP contribution is 2.39. The van der Waals surface area contributed by atoms with Gasteiger partial charge < -0.3 is 4.90 Å². The van der Waals surface area contributed by atoms with Crippen molar-refractivity contribution in [2.45, 2.75) is 27.2 Å². The van der Waals surface area contributed by atoms with Crippen LogP contribution >= 0.6 is 0 Å². The molecule has 2 aromatic carbocycles. The molecular weight excluding hydrogens is 230 g/mol. The van der Waals surface area contributed by atoms with Crippen LogP contribution in [-0.2, 0) is 6.42 Å². The highest BCUT2D eigenvalue weighted by Gasteiger charge is 2.19. The molecule has 19 heavy (non-hydrogen) atoms. The smallest absolute Gasteiger partial charge is 0.0372 e. The summed E-state index contributed by atoms with van der Waals surface area (Å²) in [5.74, 6) is 0. The molecule has 0 atom stereocenters. The molecule has 0 saturated carbocycles. The fraction of sp³-hybridized carbons (Fsp3) is 0.333. The summed E-state index contributed by atoms with van der Waals surface area (Å²) in [6.45, 7) is 8.73. The summed E-state index contributed by atoms with van der Waals surface area (Å²) >= 11 is 0. The zero-order valence-corrected chi connectivity index (χ0v) is 12.0. The van der Waals surface area contributed by atoms with Crippen molar-refractivity contribution in [1.29, 1.82) is 0 Å². The van der Waals surface area contributed by atoms with Crippen LogP contribution in [0.15, 0.2) is 36.4 Å². The normalized spacial score (nSPS) is 12.2. The van der Waals surface area contributed by atoms with Gasteiger partial charge in [-0.3, -0.25) is 0 Å². The number of aryl methyl sites for hydroxylation is 1. The van der Waals surface area contributed by atoms with Crippen LogP contribution in [0.3, 0.4) is 0 Å². The molecule has 0 aromatic heterocycles. The van der Waals surface area contributed by atoms with Gasteiger partial charge in [0, 0.05) is 18.8 Å². The van der Waals surface area contributed by atoms with E-state index in [0.29, 0.717) is 0 Å². The van der Waals surface area contributed by atoms with Gasteiger partial charge in [-0.05, 0) is 61.6 Å². The standard InChI is InChI=1S/C18H21N/c1-4-19(5-2)16-8-7-14-11-15-10-13(3)6-9-17(15)18(14)12-16/h6-10,12H,4-5,11H2,1-3H3. The lowest BCUT2D eigenvalue weighted by Gasteiger charge is -2.21. The fourth-order valence-electron chi connectivity index (χ4n) is 3.09. The molecule has 0 fully saturated rings. The Labute approximate surface area is 115 Å². The van der Waals surface area contributed by atoms with Crippen LogP contribution in [0.25, 0.3) is 11.1 Å². The maximum Gasteiger partial charge on any atom is 0.0372 e. The first kappa shape index (κ1) is 12.3. The van der Waals surface area contributed by atoms with Crippen LogP contribution in [0.1, 0.15) is 30.5 Å². The Hall–Kier alpha value is -1.76. The van der Waals surface area contributed by atoms with Gasteiger partial charge in [-0.15, -0.1) is 0 Å². The average molecular weight is 251 g/mol. The van der Waals surface area contributed by atoms with Crippen LogP contribution in [0, 0.1) is 6.92 Å². The minimum atomic E-state index is 1.07. The second-order valence-corrected chi connectivity index (χ2v) is 5.35. The van der Waals surface area contributed by atoms with Gasteiger partial charge >= 0.3 is 0 Å². The molecular formula is C18H21N. The molecule has 0 amide bonds. The molecule has 0 spiro atoms. The molecule has 98 valence electrons. The first-order valence-corrected chi connectivity index (χ1v) is 7.20. The predicted molar refractivity (Wildman–Crippen MR) is 83.0 cm³/mol. The molecule has 2 aromatic rings. The lowest BCUT2D eigenvalue weighted by Crippen LogP contribution is -2.21. The molecule has 1 aliphatic carbocycles. The summed E-state index contributed by atoms with van der Waals surface area (Å²) in [6.07, 6.45) is 1.09. The number of benzene rings is 2. The van der Waals surface area contributed by atoms with Crippen LogP contribution in [0.2, 0.25) is 0 Å². The van der Waals surface area contributed by atoms with Crippen molar-refractivity contribution in [3.8, 4) is 11.1 Å². The van der Waals surface area contributed by atoms with Gasteiger partial charge in [0.05, 0.1) is 0 Å². The van der Waals surface area contributed by atoms with Crippen molar-refractivity contribution in [3.63, 3.8) is 0 Å². The molecule has 0 radical (unpaired) electrons. The molecule has 1 aliphatic rings. The maximum absolute atomic E-state index is 2.41. The zero-order valence-electron chi connectivity index (χ0n) is 12.0. The SMILES string of the molecule is CCN(CC)c1ccc2c(c1)-c1ccc(C)cc1C2. The van der Waals surface area contributed by atoms with Crippen molar-refractivity contribution >= 4 is 5.69 Å². The maximum atomic E-state index is 2.41. The van der Waals surface area contributed by atoms with Crippen LogP contribution in [0.5, 0.6) is 0 Å². The molecule has 0 saturated heterocycles. The predicted octanol–water partition coefficient (Wildman–Crippen LogP) is 4.41. The Morgan fingerprint density at radius 3 is 2.42 bits per heavy atom. The molecule has 1 heteroatoms. The number of hydrogen-bond donors (Lipinski definition) is 0. The summed E-state index contributed by atoms with van der Waals surface area (Å²) in [4.78, 5) is 2.41. The van der Waals surface area contributed by atoms with Gasteiger partial charge in [0.1, 0.15) is 0 Å². The first-order chi connectivity index (χ1) is 9.22. The number of hydrogen-bond acceptors (Lipinski definition) is 1. The third-order valence-electron chi connectivity index (χ3n) is 4.15. The van der Waals surface area contributed by atoms with Gasteiger partial charge in [0.15, 0.2) is 0 Å². The van der Waals surface area contributed by atoms with Crippen molar-refractivity contribution in [2.75, 3.05) is 18.0 Å². The second kappa shape index (κ2) is 4.73. The minimum Gasteiger partial charge on any atom is -0.372 e. The summed E-state index contributed by atoms with van der Waals surface area (Å²) in [7, 11) is 0. The molecule has 1 nitrogen and oxygen atoms in total. The molecule has 3 rings (SSSR count). The highest BCUT2D eigenvalue weighted by molar-refractivity contribution is 5.80. The van der Waals surface area contributed by atoms with E-state index in [1.807, 2.05) is 0 Å². The Bertz CT molecular complexity index is 609. The lowest BCUT2D eigenvalue weighted by molar-refractivity contribution is 0.866. The van der Waals surface area contributed by atoms with E-state index >= 15 is 0 Å². The van der Waals surface area contributed by atoms with Crippen molar-refractivity contribution in [2.24, 2.45) is 0 Å². The largest absolute Gasteiger partial charge is 0.372 e. The molecule has 0 aliphatic heterocycles. The van der Waals surface area contributed by atoms with Crippen LogP contribution < -0.4 is 4.90 Å². The fourth-order valence-corrected chi connectivity index (χ4v) is 3.09. The van der Waals surface area contributed by atoms with Gasteiger partial charge in [-0.1, -0.05) is 29.8 Å². The van der Waals surface area contributed by atoms with E-state index in [0.717, 1.165) is 19.5 Å². The van der Waals surface area contributed by atoms with E-state index in [9.17, 15) is 0 Å². The van der Waals surface area contributed by atoms with E-state index in [1.54, 1.807) is 0 Å². The first-order valence-electron chi connectivity index (χ1n) is 7.20. The zero-order chi connectivity index (χ0) is 13.4. The molecule has 0 heterocycles. The average Bonchev–Trinajstić information content (AvgIpc) is 2.77. The Morgan fingerprint density at radius 1 is 0.895 bits per heavy atom. The Kier molecular flexibility index (Phi) is 3.06. The quantitative estimate of drug-likeness (QED) is 0.666. The van der Waals surface area contributed by atoms with E-state index in [2.05, 4.69) is 62.1 Å². The Balaban J connectivity index is 2.07. The number of fused-ring (bicyclic) bond motifs is 3. The summed E-state index contributed by atoms with van der Waals surface area (Å²) < 4.78 is 0. The third-order valence-corrected chi connectivity index (χ3v) is 4.15.